The molecule has 82 heavy (non-hydrogen) atoms. The van der Waals surface area contributed by atoms with E-state index in [-0.39, 0.29) is 0 Å². The second kappa shape index (κ2) is 25.6. The van der Waals surface area contributed by atoms with Gasteiger partial charge < -0.3 is 0 Å². The maximum Gasteiger partial charge on any atom is 0.139 e. The quantitative estimate of drug-likeness (QED) is 0.0799. The Morgan fingerprint density at radius 2 is 0.817 bits per heavy atom. The Hall–Kier alpha value is -2.02. The molecule has 0 saturated carbocycles. The average molecular weight is 1030 g/mol. The lowest BCUT2D eigenvalue weighted by Crippen LogP contribution is -2.80. The van der Waals surface area contributed by atoms with Crippen molar-refractivity contribution >= 4 is 320 Å². The monoisotopic (exact) mass is 1040 g/mol. The number of hydrogen-bond donors (Lipinski definition) is 0. The molecule has 7 rings (SSSR count). The second-order valence-corrected chi connectivity index (χ2v) is 29.6. The second-order valence-electron chi connectivity index (χ2n) is 29.6. The van der Waals surface area contributed by atoms with Crippen LogP contribution in [0.2, 0.25) is 0 Å². The van der Waals surface area contributed by atoms with E-state index >= 15 is 0 Å². The molecule has 6 aromatic rings. The summed E-state index contributed by atoms with van der Waals surface area (Å²) < 4.78 is 0. The molecule has 0 aliphatic heterocycles. The van der Waals surface area contributed by atoms with Gasteiger partial charge in [-0.15, -0.1) is 10.9 Å². The first-order valence-electron chi connectivity index (χ1n) is 33.7. The third kappa shape index (κ3) is 10.5. The highest BCUT2D eigenvalue weighted by molar-refractivity contribution is 7.89. The van der Waals surface area contributed by atoms with Crippen LogP contribution in [0.5, 0.6) is 0 Å². The molecule has 0 saturated heterocycles. The van der Waals surface area contributed by atoms with Crippen molar-refractivity contribution in [1.82, 2.24) is 0 Å². The first-order chi connectivity index (χ1) is 38.2. The van der Waals surface area contributed by atoms with Gasteiger partial charge in [0.25, 0.3) is 0 Å². The zero-order chi connectivity index (χ0) is 61.8. The minimum absolute atomic E-state index is 0.313. The maximum atomic E-state index is 2.66. The fourth-order valence-corrected chi connectivity index (χ4v) is 17.9. The third-order valence-corrected chi connectivity index (χ3v) is 23.9. The van der Waals surface area contributed by atoms with Gasteiger partial charge in [0.1, 0.15) is 15.0 Å². The van der Waals surface area contributed by atoms with Crippen molar-refractivity contribution in [2.45, 2.75) is 104 Å². The highest BCUT2D eigenvalue weighted by atomic mass is 14.4. The molecule has 2 unspecified atom stereocenters. The topological polar surface area (TPSA) is 0 Å². The van der Waals surface area contributed by atoms with E-state index in [2.05, 4.69) is 243 Å². The van der Waals surface area contributed by atoms with Gasteiger partial charge >= 0.3 is 0 Å². The van der Waals surface area contributed by atoms with E-state index in [1.54, 1.807) is 76.5 Å². The molecule has 0 aromatic heterocycles. The fraction of sp³-hybridized carbons (Fsp3) is 0.347. The highest BCUT2D eigenvalue weighted by Gasteiger charge is 2.44. The third-order valence-electron chi connectivity index (χ3n) is 23.9. The van der Waals surface area contributed by atoms with Crippen molar-refractivity contribution in [3.8, 4) is 11.1 Å². The summed E-state index contributed by atoms with van der Waals surface area (Å²) in [6.07, 6.45) is 2.99. The molecule has 33 heteroatoms. The van der Waals surface area contributed by atoms with E-state index in [1.807, 2.05) is 0 Å². The molecule has 0 amide bonds. The van der Waals surface area contributed by atoms with E-state index in [4.69, 9.17) is 0 Å². The van der Waals surface area contributed by atoms with E-state index in [0.717, 1.165) is 21.3 Å². The largest absolute Gasteiger partial charge is 0.139 e. The highest BCUT2D eigenvalue weighted by Crippen LogP contribution is 2.45. The van der Waals surface area contributed by atoms with Gasteiger partial charge in [0.05, 0.1) is 178 Å². The first kappa shape index (κ1) is 67.5. The van der Waals surface area contributed by atoms with Crippen molar-refractivity contribution in [2.24, 2.45) is 11.8 Å². The van der Waals surface area contributed by atoms with Crippen molar-refractivity contribution in [3.63, 3.8) is 0 Å². The Labute approximate surface area is 525 Å². The van der Waals surface area contributed by atoms with Crippen molar-refractivity contribution in [2.75, 3.05) is 0 Å². The van der Waals surface area contributed by atoms with E-state index < -0.39 is 0 Å². The van der Waals surface area contributed by atoms with E-state index in [1.165, 1.54) is 106 Å². The summed E-state index contributed by atoms with van der Waals surface area (Å²) in [4.78, 5) is 0. The van der Waals surface area contributed by atoms with Gasteiger partial charge in [-0.05, 0) is 234 Å². The molecule has 0 nitrogen and oxygen atoms in total. The molecule has 0 spiro atoms. The van der Waals surface area contributed by atoms with E-state index in [0.29, 0.717) is 82.6 Å². The molecule has 0 N–H and O–H groups in total. The number of rotatable bonds is 17. The lowest BCUT2D eigenvalue weighted by Gasteiger charge is -2.42. The fourth-order valence-electron chi connectivity index (χ4n) is 17.9. The predicted octanol–water partition coefficient (Wildman–Crippen LogP) is -16.9. The van der Waals surface area contributed by atoms with Crippen LogP contribution in [0.1, 0.15) is 93.1 Å². The lowest BCUT2D eigenvalue weighted by molar-refractivity contribution is 0.573. The Morgan fingerprint density at radius 3 is 1.24 bits per heavy atom. The number of hydrogen-bond acceptors (Lipinski definition) is 0. The van der Waals surface area contributed by atoms with Crippen LogP contribution in [0.25, 0.3) is 54.6 Å². The van der Waals surface area contributed by atoms with Gasteiger partial charge in [-0.2, -0.15) is 0 Å². The van der Waals surface area contributed by atoms with Gasteiger partial charge in [-0.1, -0.05) is 46.7 Å². The molecule has 382 valence electrons. The van der Waals surface area contributed by atoms with Crippen molar-refractivity contribution < 1.29 is 0 Å². The molecule has 0 radical (unpaired) electrons. The van der Waals surface area contributed by atoms with Gasteiger partial charge in [0.15, 0.2) is 0 Å². The molecular weight excluding hydrogens is 945 g/mol. The Morgan fingerprint density at radius 1 is 0.354 bits per heavy atom. The zero-order valence-corrected chi connectivity index (χ0v) is 59.3. The molecule has 2 atom stereocenters. The normalized spacial score (nSPS) is 13.9. The molecular formula is C49H87B33. The molecule has 0 fully saturated rings. The summed E-state index contributed by atoms with van der Waals surface area (Å²) in [5.41, 5.74) is 37.0. The summed E-state index contributed by atoms with van der Waals surface area (Å²) >= 11 is 0. The summed E-state index contributed by atoms with van der Waals surface area (Å²) in [7, 11) is 50.6. The van der Waals surface area contributed by atoms with Crippen LogP contribution in [0.3, 0.4) is 0 Å². The molecule has 0 heterocycles. The standard InChI is InChI=1S/C49H87B33/c1-16-17(2)22(7)32-29(14)34(28(13)27(12)31(32)21(16)6)35-25(10)20(5)26(11)37-38(35)30(15)33-23(8)18(3)19(4)24(9)36(33)39(37)41-44(68-51)43(50)40-42(45(41)72(55)69-52)46(73(56)77(57)58)48(74(70-53)78(59)60)49(75(79(61)62)80(63)64)47(40)76(81(65)66)82(67)71-54/h20,25,68-71H,50-67H2,1-15H3. The summed E-state index contributed by atoms with van der Waals surface area (Å²) in [5, 5.41) is 12.3. The number of benzene rings is 6. The van der Waals surface area contributed by atoms with Gasteiger partial charge in [-0.25, -0.2) is 0 Å². The van der Waals surface area contributed by atoms with Crippen LogP contribution < -0.4 is 48.7 Å². The number of fused-ring (bicyclic) bond motifs is 4. The van der Waals surface area contributed by atoms with Crippen LogP contribution in [0.15, 0.2) is 0 Å². The lowest BCUT2D eigenvalue weighted by atomic mass is 8.66. The van der Waals surface area contributed by atoms with Gasteiger partial charge in [0.2, 0.25) is 0 Å². The predicted molar refractivity (Wildman–Crippen MR) is 460 cm³/mol. The molecule has 1 aliphatic carbocycles. The van der Waals surface area contributed by atoms with Gasteiger partial charge in [-0.3, -0.25) is 0 Å². The summed E-state index contributed by atoms with van der Waals surface area (Å²) in [6.45, 7) is 39.1. The number of aryl methyl sites for hydroxylation is 7. The smallest absolute Gasteiger partial charge is 0.113 e. The summed E-state index contributed by atoms with van der Waals surface area (Å²) in [5.74, 6) is 0.652. The first-order valence-corrected chi connectivity index (χ1v) is 33.7. The minimum atomic E-state index is 0.313. The zero-order valence-electron chi connectivity index (χ0n) is 59.3. The van der Waals surface area contributed by atoms with Crippen LogP contribution >= 0.6 is 0 Å². The van der Waals surface area contributed by atoms with Crippen LogP contribution in [-0.2, 0) is 0 Å². The van der Waals surface area contributed by atoms with Crippen molar-refractivity contribution in [3.05, 3.63) is 82.8 Å². The van der Waals surface area contributed by atoms with Crippen molar-refractivity contribution in [1.29, 1.82) is 0 Å². The Balaban J connectivity index is 2.06. The minimum Gasteiger partial charge on any atom is -0.113 e. The molecule has 0 bridgehead atoms. The molecule has 1 aliphatic rings. The Kier molecular flexibility index (Phi) is 21.1. The van der Waals surface area contributed by atoms with Crippen LogP contribution in [-0.4, -0.2) is 239 Å². The maximum absolute atomic E-state index is 2.66. The van der Waals surface area contributed by atoms with Gasteiger partial charge in [0, 0.05) is 45.4 Å². The van der Waals surface area contributed by atoms with Crippen LogP contribution in [0, 0.1) is 94.9 Å². The summed E-state index contributed by atoms with van der Waals surface area (Å²) in [6, 6.07) is 0. The van der Waals surface area contributed by atoms with E-state index in [9.17, 15) is 0 Å². The SMILES string of the molecule is BBB(B)B(B(B)B)c1c(B(B(B)B)B(B)B)c(B(BB)B(B)B)c(B(B)B(B)B)c2c(B(B)BB)c(-c3c4c(c(C)c5c(C)c(C)c(C)c(C)c35)=C(c3c(C)c(C)c5c(C)c(C)c(C)c(C)c5c3C)C(C)C(C)C=4C)c(BB)c(B)c12. The average Bonchev–Trinajstić information content (AvgIpc) is 3.60. The van der Waals surface area contributed by atoms with Crippen LogP contribution in [0.4, 0.5) is 0 Å². The molecule has 6 aromatic carbocycles. The Bertz CT molecular complexity index is 3700.